The van der Waals surface area contributed by atoms with Crippen LogP contribution in [-0.4, -0.2) is 44.3 Å². The van der Waals surface area contributed by atoms with E-state index in [0.717, 1.165) is 19.3 Å². The van der Waals surface area contributed by atoms with E-state index in [2.05, 4.69) is 5.32 Å². The highest BCUT2D eigenvalue weighted by Crippen LogP contribution is 2.28. The van der Waals surface area contributed by atoms with Crippen LogP contribution in [0.15, 0.2) is 23.1 Å². The molecule has 1 amide bonds. The predicted octanol–water partition coefficient (Wildman–Crippen LogP) is 2.08. The van der Waals surface area contributed by atoms with Gasteiger partial charge in [0, 0.05) is 37.1 Å². The van der Waals surface area contributed by atoms with Gasteiger partial charge in [-0.1, -0.05) is 18.0 Å². The fourth-order valence-electron chi connectivity index (χ4n) is 2.97. The van der Waals surface area contributed by atoms with E-state index in [0.29, 0.717) is 23.7 Å². The zero-order chi connectivity index (χ0) is 17.7. The van der Waals surface area contributed by atoms with Crippen LogP contribution in [0.3, 0.4) is 0 Å². The van der Waals surface area contributed by atoms with E-state index < -0.39 is 10.0 Å². The first kappa shape index (κ1) is 22.2. The predicted molar refractivity (Wildman–Crippen MR) is 102 cm³/mol. The monoisotopic (exact) mass is 409 g/mol. The molecule has 25 heavy (non-hydrogen) atoms. The molecule has 1 aliphatic heterocycles. The van der Waals surface area contributed by atoms with E-state index in [9.17, 15) is 13.2 Å². The minimum Gasteiger partial charge on any atom is -0.354 e. The molecule has 0 aromatic heterocycles. The second kappa shape index (κ2) is 9.73. The van der Waals surface area contributed by atoms with Gasteiger partial charge in [-0.2, -0.15) is 4.31 Å². The van der Waals surface area contributed by atoms with Crippen LogP contribution in [0.1, 0.15) is 31.2 Å². The summed E-state index contributed by atoms with van der Waals surface area (Å²) in [6, 6.07) is 4.55. The van der Waals surface area contributed by atoms with E-state index in [-0.39, 0.29) is 42.2 Å². The number of piperidine rings is 1. The van der Waals surface area contributed by atoms with Gasteiger partial charge in [-0.3, -0.25) is 4.79 Å². The summed E-state index contributed by atoms with van der Waals surface area (Å²) in [6.07, 6.45) is 2.74. The fourth-order valence-corrected chi connectivity index (χ4v) is 5.10. The van der Waals surface area contributed by atoms with Gasteiger partial charge in [0.2, 0.25) is 15.9 Å². The average Bonchev–Trinajstić information content (AvgIpc) is 2.53. The zero-order valence-electron chi connectivity index (χ0n) is 14.2. The Morgan fingerprint density at radius 3 is 2.76 bits per heavy atom. The lowest BCUT2D eigenvalue weighted by molar-refractivity contribution is -0.121. The van der Waals surface area contributed by atoms with Gasteiger partial charge in [0.05, 0.1) is 4.90 Å². The molecule has 9 heteroatoms. The lowest BCUT2D eigenvalue weighted by atomic mass is 10.1. The minimum absolute atomic E-state index is 0. The van der Waals surface area contributed by atoms with Crippen molar-refractivity contribution in [2.75, 3.05) is 19.6 Å². The third-order valence-electron chi connectivity index (χ3n) is 4.20. The Morgan fingerprint density at radius 1 is 1.40 bits per heavy atom. The molecule has 0 spiro atoms. The molecule has 1 saturated heterocycles. The first-order valence-electron chi connectivity index (χ1n) is 8.11. The van der Waals surface area contributed by atoms with Gasteiger partial charge < -0.3 is 11.1 Å². The summed E-state index contributed by atoms with van der Waals surface area (Å²) in [7, 11) is -3.62. The Morgan fingerprint density at radius 2 is 2.12 bits per heavy atom. The lowest BCUT2D eigenvalue weighted by Gasteiger charge is -2.35. The number of hydrogen-bond acceptors (Lipinski definition) is 4. The highest BCUT2D eigenvalue weighted by molar-refractivity contribution is 7.89. The fraction of sp³-hybridized carbons (Fsp3) is 0.562. The van der Waals surface area contributed by atoms with Gasteiger partial charge in [-0.25, -0.2) is 8.42 Å². The molecule has 1 aromatic rings. The Kier molecular flexibility index (Phi) is 8.63. The van der Waals surface area contributed by atoms with E-state index in [1.807, 2.05) is 0 Å². The van der Waals surface area contributed by atoms with E-state index in [1.165, 1.54) is 4.31 Å². The van der Waals surface area contributed by atoms with Gasteiger partial charge in [0.25, 0.3) is 0 Å². The summed E-state index contributed by atoms with van der Waals surface area (Å²) in [4.78, 5) is 11.9. The normalized spacial score (nSPS) is 18.4. The van der Waals surface area contributed by atoms with Gasteiger partial charge in [-0.15, -0.1) is 12.4 Å². The molecule has 1 atom stereocenters. The standard InChI is InChI=1S/C16H24ClN3O3S.ClH/c1-12-10-13(17)5-6-15(12)24(22,23)20-9-3-2-4-14(20)11-19-16(21)7-8-18;/h5-6,10,14H,2-4,7-9,11,18H2,1H3,(H,19,21);1H. The largest absolute Gasteiger partial charge is 0.354 e. The van der Waals surface area contributed by atoms with E-state index in [1.54, 1.807) is 25.1 Å². The third kappa shape index (κ3) is 5.56. The van der Waals surface area contributed by atoms with Crippen LogP contribution >= 0.6 is 24.0 Å². The first-order valence-corrected chi connectivity index (χ1v) is 9.93. The molecule has 1 aliphatic rings. The van der Waals surface area contributed by atoms with Crippen molar-refractivity contribution in [2.24, 2.45) is 5.73 Å². The van der Waals surface area contributed by atoms with Crippen molar-refractivity contribution >= 4 is 39.9 Å². The maximum absolute atomic E-state index is 13.1. The average molecular weight is 410 g/mol. The number of carbonyl (C=O) groups excluding carboxylic acids is 1. The smallest absolute Gasteiger partial charge is 0.243 e. The van der Waals surface area contributed by atoms with Crippen molar-refractivity contribution in [3.63, 3.8) is 0 Å². The van der Waals surface area contributed by atoms with Crippen molar-refractivity contribution in [3.8, 4) is 0 Å². The molecular weight excluding hydrogens is 385 g/mol. The number of rotatable bonds is 6. The van der Waals surface area contributed by atoms with E-state index in [4.69, 9.17) is 17.3 Å². The van der Waals surface area contributed by atoms with Crippen LogP contribution in [0, 0.1) is 6.92 Å². The second-order valence-electron chi connectivity index (χ2n) is 6.02. The summed E-state index contributed by atoms with van der Waals surface area (Å²) in [5.74, 6) is -0.150. The summed E-state index contributed by atoms with van der Waals surface area (Å²) < 4.78 is 27.6. The van der Waals surface area contributed by atoms with Crippen molar-refractivity contribution in [3.05, 3.63) is 28.8 Å². The molecule has 6 nitrogen and oxygen atoms in total. The summed E-state index contributed by atoms with van der Waals surface area (Å²) in [6.45, 7) is 2.79. The Balaban J connectivity index is 0.00000312. The summed E-state index contributed by atoms with van der Waals surface area (Å²) in [5.41, 5.74) is 5.99. The van der Waals surface area contributed by atoms with E-state index >= 15 is 0 Å². The van der Waals surface area contributed by atoms with Gasteiger partial charge >= 0.3 is 0 Å². The molecule has 0 aliphatic carbocycles. The molecule has 2 rings (SSSR count). The van der Waals surface area contributed by atoms with Crippen LogP contribution < -0.4 is 11.1 Å². The number of aryl methyl sites for hydroxylation is 1. The maximum atomic E-state index is 13.1. The number of nitrogens with one attached hydrogen (secondary N) is 1. The number of benzene rings is 1. The summed E-state index contributed by atoms with van der Waals surface area (Å²) >= 11 is 5.93. The first-order chi connectivity index (χ1) is 11.4. The molecule has 1 fully saturated rings. The number of halogens is 2. The van der Waals surface area contributed by atoms with Gasteiger partial charge in [0.1, 0.15) is 0 Å². The number of nitrogens with two attached hydrogens (primary N) is 1. The van der Waals surface area contributed by atoms with Crippen LogP contribution in [0.5, 0.6) is 0 Å². The number of amides is 1. The Bertz CT molecular complexity index is 698. The molecule has 3 N–H and O–H groups in total. The van der Waals surface area contributed by atoms with Crippen LogP contribution in [0.25, 0.3) is 0 Å². The molecular formula is C16H25Cl2N3O3S. The molecule has 142 valence electrons. The Hall–Kier alpha value is -0.860. The molecule has 0 bridgehead atoms. The molecule has 0 radical (unpaired) electrons. The summed E-state index contributed by atoms with van der Waals surface area (Å²) in [5, 5.41) is 3.29. The van der Waals surface area contributed by atoms with Crippen LogP contribution in [-0.2, 0) is 14.8 Å². The Labute approximate surface area is 160 Å². The highest BCUT2D eigenvalue weighted by Gasteiger charge is 2.34. The van der Waals surface area contributed by atoms with Crippen molar-refractivity contribution in [2.45, 2.75) is 43.5 Å². The van der Waals surface area contributed by atoms with Gasteiger partial charge in [0.15, 0.2) is 0 Å². The van der Waals surface area contributed by atoms with Crippen molar-refractivity contribution < 1.29 is 13.2 Å². The second-order valence-corrected chi connectivity index (χ2v) is 8.31. The van der Waals surface area contributed by atoms with Gasteiger partial charge in [-0.05, 0) is 43.5 Å². The highest BCUT2D eigenvalue weighted by atomic mass is 35.5. The van der Waals surface area contributed by atoms with Crippen molar-refractivity contribution in [1.82, 2.24) is 9.62 Å². The maximum Gasteiger partial charge on any atom is 0.243 e. The molecule has 0 saturated carbocycles. The molecule has 1 heterocycles. The number of sulfonamides is 1. The van der Waals surface area contributed by atoms with Crippen LogP contribution in [0.4, 0.5) is 0 Å². The number of carbonyl (C=O) groups is 1. The zero-order valence-corrected chi connectivity index (χ0v) is 16.6. The lowest BCUT2D eigenvalue weighted by Crippen LogP contribution is -2.49. The SMILES string of the molecule is Cc1cc(Cl)ccc1S(=O)(=O)N1CCCCC1CNC(=O)CCN.Cl. The third-order valence-corrected chi connectivity index (χ3v) is 6.55. The minimum atomic E-state index is -3.62. The van der Waals surface area contributed by atoms with Crippen molar-refractivity contribution in [1.29, 1.82) is 0 Å². The number of hydrogen-bond donors (Lipinski definition) is 2. The van der Waals surface area contributed by atoms with Crippen LogP contribution in [0.2, 0.25) is 5.02 Å². The quantitative estimate of drug-likeness (QED) is 0.751. The topological polar surface area (TPSA) is 92.5 Å². The number of nitrogens with zero attached hydrogens (tertiary/aromatic N) is 1. The molecule has 1 aromatic carbocycles. The molecule has 1 unspecified atom stereocenters.